The van der Waals surface area contributed by atoms with Gasteiger partial charge in [0.1, 0.15) is 35.9 Å². The Balaban J connectivity index is 1.74. The van der Waals surface area contributed by atoms with Gasteiger partial charge in [0.25, 0.3) is 5.56 Å². The fourth-order valence-corrected chi connectivity index (χ4v) is 4.87. The van der Waals surface area contributed by atoms with Gasteiger partial charge in [-0.05, 0) is 46.8 Å². The van der Waals surface area contributed by atoms with E-state index in [1.807, 2.05) is 0 Å². The molecule has 0 radical (unpaired) electrons. The molecule has 3 rings (SSSR count). The number of alkyl halides is 1. The number of aromatic nitrogens is 2. The molecule has 0 saturated carbocycles. The summed E-state index contributed by atoms with van der Waals surface area (Å²) in [6.45, 7) is 7.51. The number of halogens is 1. The lowest BCUT2D eigenvalue weighted by Crippen LogP contribution is -2.39. The number of H-pyrrole nitrogens is 1. The van der Waals surface area contributed by atoms with Gasteiger partial charge in [0.2, 0.25) is 0 Å². The number of carbonyl (C=O) groups is 1. The van der Waals surface area contributed by atoms with Crippen molar-refractivity contribution in [2.45, 2.75) is 71.2 Å². The molecule has 2 aromatic rings. The summed E-state index contributed by atoms with van der Waals surface area (Å²) in [5, 5.41) is 2.53. The molecule has 1 aromatic carbocycles. The van der Waals surface area contributed by atoms with Crippen molar-refractivity contribution in [2.24, 2.45) is 0 Å². The maximum Gasteiger partial charge on any atom is 0.459 e. The molecule has 198 valence electrons. The first-order chi connectivity index (χ1) is 16.8. The summed E-state index contributed by atoms with van der Waals surface area (Å²) in [6.07, 6.45) is -2.66. The number of carbonyl (C=O) groups excluding carboxylic acids is 1. The van der Waals surface area contributed by atoms with Crippen LogP contribution in [-0.2, 0) is 23.4 Å². The molecule has 2 heterocycles. The first kappa shape index (κ1) is 27.8. The fraction of sp³-hybridized carbons (Fsp3) is 0.522. The van der Waals surface area contributed by atoms with E-state index >= 15 is 0 Å². The zero-order chi connectivity index (χ0) is 26.7. The van der Waals surface area contributed by atoms with E-state index in [1.165, 1.54) is 20.0 Å². The number of aromatic amines is 1. The van der Waals surface area contributed by atoms with Crippen molar-refractivity contribution in [1.82, 2.24) is 14.6 Å². The molecule has 13 heteroatoms. The van der Waals surface area contributed by atoms with Crippen LogP contribution >= 0.6 is 7.75 Å². The largest absolute Gasteiger partial charge is 0.459 e. The van der Waals surface area contributed by atoms with Gasteiger partial charge in [0, 0.05) is 18.2 Å². The van der Waals surface area contributed by atoms with E-state index in [1.54, 1.807) is 51.1 Å². The topological polar surface area (TPSA) is 138 Å². The van der Waals surface area contributed by atoms with Crippen molar-refractivity contribution < 1.29 is 32.3 Å². The van der Waals surface area contributed by atoms with Crippen molar-refractivity contribution >= 4 is 13.7 Å². The molecule has 1 aromatic heterocycles. The molecule has 1 aliphatic rings. The van der Waals surface area contributed by atoms with E-state index in [-0.39, 0.29) is 17.7 Å². The number of ether oxygens (including phenoxy) is 2. The van der Waals surface area contributed by atoms with Gasteiger partial charge in [-0.15, -0.1) is 0 Å². The van der Waals surface area contributed by atoms with Crippen LogP contribution in [0.25, 0.3) is 0 Å². The number of aryl methyl sites for hydroxylation is 1. The predicted octanol–water partition coefficient (Wildman–Crippen LogP) is 2.99. The van der Waals surface area contributed by atoms with Crippen LogP contribution in [0, 0.1) is 6.92 Å². The minimum atomic E-state index is -4.22. The maximum atomic E-state index is 14.8. The number of esters is 1. The first-order valence-corrected chi connectivity index (χ1v) is 12.9. The van der Waals surface area contributed by atoms with E-state index in [9.17, 15) is 23.3 Å². The monoisotopic (exact) mass is 527 g/mol. The fourth-order valence-electron chi connectivity index (χ4n) is 3.37. The van der Waals surface area contributed by atoms with Gasteiger partial charge in [-0.2, -0.15) is 5.09 Å². The second kappa shape index (κ2) is 11.1. The van der Waals surface area contributed by atoms with Crippen molar-refractivity contribution in [1.29, 1.82) is 0 Å². The third-order valence-corrected chi connectivity index (χ3v) is 6.75. The molecule has 5 atom stereocenters. The van der Waals surface area contributed by atoms with Crippen LogP contribution in [0.15, 0.2) is 46.1 Å². The molecular weight excluding hydrogens is 496 g/mol. The minimum Gasteiger partial charge on any atom is -0.459 e. The molecule has 0 spiro atoms. The normalized spacial score (nSPS) is 22.6. The second-order valence-corrected chi connectivity index (χ2v) is 11.1. The lowest BCUT2D eigenvalue weighted by molar-refractivity contribution is -0.156. The molecule has 0 amide bonds. The molecule has 0 aliphatic carbocycles. The Bertz CT molecular complexity index is 1230. The van der Waals surface area contributed by atoms with Crippen LogP contribution in [0.5, 0.6) is 5.75 Å². The molecule has 2 N–H and O–H groups in total. The average molecular weight is 527 g/mol. The Morgan fingerprint density at radius 1 is 1.31 bits per heavy atom. The van der Waals surface area contributed by atoms with E-state index in [0.29, 0.717) is 0 Å². The van der Waals surface area contributed by atoms with Gasteiger partial charge in [-0.25, -0.2) is 13.8 Å². The average Bonchev–Trinajstić information content (AvgIpc) is 3.14. The highest BCUT2D eigenvalue weighted by Gasteiger charge is 2.40. The van der Waals surface area contributed by atoms with Gasteiger partial charge >= 0.3 is 19.4 Å². The first-order valence-electron chi connectivity index (χ1n) is 11.4. The van der Waals surface area contributed by atoms with Gasteiger partial charge in [-0.3, -0.25) is 23.7 Å². The predicted molar refractivity (Wildman–Crippen MR) is 129 cm³/mol. The molecule has 1 fully saturated rings. The Kier molecular flexibility index (Phi) is 8.55. The van der Waals surface area contributed by atoms with Gasteiger partial charge < -0.3 is 14.0 Å². The van der Waals surface area contributed by atoms with Crippen LogP contribution in [0.1, 0.15) is 45.9 Å². The Labute approximate surface area is 207 Å². The molecule has 1 aliphatic heterocycles. The van der Waals surface area contributed by atoms with E-state index in [4.69, 9.17) is 18.5 Å². The lowest BCUT2D eigenvalue weighted by atomic mass is 10.2. The third kappa shape index (κ3) is 7.36. The second-order valence-electron chi connectivity index (χ2n) is 9.44. The Hall–Kier alpha value is -2.79. The van der Waals surface area contributed by atoms with Gasteiger partial charge in [0.15, 0.2) is 0 Å². The summed E-state index contributed by atoms with van der Waals surface area (Å²) in [5.74, 6) is -0.488. The number of para-hydroxylation sites is 1. The van der Waals surface area contributed by atoms with Gasteiger partial charge in [-0.1, -0.05) is 18.2 Å². The molecule has 11 nitrogen and oxygen atoms in total. The highest BCUT2D eigenvalue weighted by molar-refractivity contribution is 7.52. The number of nitrogens with one attached hydrogen (secondary N) is 2. The molecule has 2 unspecified atom stereocenters. The minimum absolute atomic E-state index is 0.189. The number of rotatable bonds is 9. The van der Waals surface area contributed by atoms with Crippen LogP contribution in [0.3, 0.4) is 0 Å². The SMILES string of the molecule is Cc1cn(C2C[C@H](F)[C@@H](COP(=O)(N[C@@H](C)C(=O)OC(C)(C)C)Oc3ccccc3)O2)c(=O)[nH]c1=O. The lowest BCUT2D eigenvalue weighted by Gasteiger charge is -2.26. The summed E-state index contributed by atoms with van der Waals surface area (Å²) in [4.78, 5) is 38.3. The third-order valence-electron chi connectivity index (χ3n) is 5.11. The van der Waals surface area contributed by atoms with E-state index in [0.717, 1.165) is 4.57 Å². The van der Waals surface area contributed by atoms with Crippen molar-refractivity contribution in [3.05, 3.63) is 62.9 Å². The number of nitrogens with zero attached hydrogens (tertiary/aromatic N) is 1. The molecule has 1 saturated heterocycles. The quantitative estimate of drug-likeness (QED) is 0.372. The molecule has 36 heavy (non-hydrogen) atoms. The number of hydrogen-bond acceptors (Lipinski definition) is 8. The summed E-state index contributed by atoms with van der Waals surface area (Å²) < 4.78 is 51.5. The van der Waals surface area contributed by atoms with Crippen LogP contribution in [0.2, 0.25) is 0 Å². The van der Waals surface area contributed by atoms with Crippen molar-refractivity contribution in [3.63, 3.8) is 0 Å². The van der Waals surface area contributed by atoms with Crippen LogP contribution in [0.4, 0.5) is 4.39 Å². The zero-order valence-electron chi connectivity index (χ0n) is 20.7. The summed E-state index contributed by atoms with van der Waals surface area (Å²) >= 11 is 0. The highest BCUT2D eigenvalue weighted by atomic mass is 31.2. The van der Waals surface area contributed by atoms with Crippen molar-refractivity contribution in [3.8, 4) is 5.75 Å². The summed E-state index contributed by atoms with van der Waals surface area (Å²) in [5.41, 5.74) is -1.80. The molecule has 0 bridgehead atoms. The highest BCUT2D eigenvalue weighted by Crippen LogP contribution is 2.46. The van der Waals surface area contributed by atoms with Gasteiger partial charge in [0.05, 0.1) is 6.61 Å². The Morgan fingerprint density at radius 3 is 2.61 bits per heavy atom. The summed E-state index contributed by atoms with van der Waals surface area (Å²) in [6, 6.07) is 7.05. The van der Waals surface area contributed by atoms with E-state index < -0.39 is 61.7 Å². The number of benzene rings is 1. The van der Waals surface area contributed by atoms with Crippen LogP contribution < -0.4 is 20.9 Å². The standard InChI is InChI=1S/C23H31FN3O8P/c1-14-12-27(22(30)25-20(14)28)19-11-17(24)18(33-19)13-32-36(31,35-16-9-7-6-8-10-16)26-15(2)21(29)34-23(3,4)5/h6-10,12,15,17-19H,11,13H2,1-5H3,(H,26,31)(H,25,28,30)/t15-,17-,18+,19?,36?/m0/s1. The molecular formula is C23H31FN3O8P. The summed E-state index contributed by atoms with van der Waals surface area (Å²) in [7, 11) is -4.22. The maximum absolute atomic E-state index is 14.8. The van der Waals surface area contributed by atoms with E-state index in [2.05, 4.69) is 10.1 Å². The number of hydrogen-bond donors (Lipinski definition) is 2. The Morgan fingerprint density at radius 2 is 1.97 bits per heavy atom. The van der Waals surface area contributed by atoms with Crippen molar-refractivity contribution in [2.75, 3.05) is 6.61 Å². The smallest absolute Gasteiger partial charge is 0.459 e. The van der Waals surface area contributed by atoms with Crippen LogP contribution in [-0.4, -0.2) is 46.0 Å². The zero-order valence-corrected chi connectivity index (χ0v) is 21.6.